The normalized spacial score (nSPS) is 9.40. The zero-order valence-corrected chi connectivity index (χ0v) is 8.34. The molecular formula is C10H12N2O3. The van der Waals surface area contributed by atoms with E-state index in [0.29, 0.717) is 12.1 Å². The third-order valence-electron chi connectivity index (χ3n) is 1.73. The molecule has 1 N–H and O–H groups in total. The fraction of sp³-hybridized carbons (Fsp3) is 0.200. The van der Waals surface area contributed by atoms with E-state index in [1.165, 1.54) is 7.11 Å². The number of imide groups is 1. The summed E-state index contributed by atoms with van der Waals surface area (Å²) in [6.45, 7) is 0.0655. The molecule has 1 aromatic rings. The molecule has 0 aromatic heterocycles. The standard InChI is InChI=1S/C10H12N2O3/c1-15-7-11-10(14)12(8-13)9-5-3-2-4-6-9/h2-6,8H,7H2,1H3,(H,11,14). The predicted octanol–water partition coefficient (Wildman–Crippen LogP) is 0.963. The number of amides is 3. The van der Waals surface area contributed by atoms with E-state index in [9.17, 15) is 9.59 Å². The van der Waals surface area contributed by atoms with E-state index in [2.05, 4.69) is 10.1 Å². The number of carbonyl (C=O) groups excluding carboxylic acids is 2. The zero-order chi connectivity index (χ0) is 11.1. The van der Waals surface area contributed by atoms with Crippen molar-refractivity contribution in [2.45, 2.75) is 0 Å². The van der Waals surface area contributed by atoms with Crippen molar-refractivity contribution in [2.75, 3.05) is 18.7 Å². The van der Waals surface area contributed by atoms with Crippen LogP contribution in [-0.4, -0.2) is 26.3 Å². The maximum Gasteiger partial charge on any atom is 0.330 e. The van der Waals surface area contributed by atoms with Crippen LogP contribution in [0.4, 0.5) is 10.5 Å². The molecule has 0 saturated carbocycles. The van der Waals surface area contributed by atoms with Crippen molar-refractivity contribution < 1.29 is 14.3 Å². The lowest BCUT2D eigenvalue weighted by molar-refractivity contribution is -0.106. The van der Waals surface area contributed by atoms with Gasteiger partial charge in [0.05, 0.1) is 5.69 Å². The van der Waals surface area contributed by atoms with E-state index in [0.717, 1.165) is 4.90 Å². The number of hydrogen-bond donors (Lipinski definition) is 1. The Bertz CT molecular complexity index is 327. The van der Waals surface area contributed by atoms with Gasteiger partial charge in [0.25, 0.3) is 0 Å². The quantitative estimate of drug-likeness (QED) is 0.592. The summed E-state index contributed by atoms with van der Waals surface area (Å²) >= 11 is 0. The van der Waals surface area contributed by atoms with Crippen molar-refractivity contribution in [3.8, 4) is 0 Å². The molecule has 15 heavy (non-hydrogen) atoms. The van der Waals surface area contributed by atoms with Gasteiger partial charge < -0.3 is 10.1 Å². The second-order valence-electron chi connectivity index (χ2n) is 2.73. The molecule has 5 heteroatoms. The van der Waals surface area contributed by atoms with Gasteiger partial charge in [-0.2, -0.15) is 0 Å². The summed E-state index contributed by atoms with van der Waals surface area (Å²) in [5.74, 6) is 0. The fourth-order valence-electron chi connectivity index (χ4n) is 1.03. The Labute approximate surface area is 87.6 Å². The number of benzene rings is 1. The highest BCUT2D eigenvalue weighted by atomic mass is 16.5. The number of carbonyl (C=O) groups is 2. The molecule has 0 bridgehead atoms. The van der Waals surface area contributed by atoms with Gasteiger partial charge in [-0.3, -0.25) is 4.79 Å². The average molecular weight is 208 g/mol. The zero-order valence-electron chi connectivity index (χ0n) is 8.34. The summed E-state index contributed by atoms with van der Waals surface area (Å²) in [6, 6.07) is 8.12. The van der Waals surface area contributed by atoms with Crippen molar-refractivity contribution in [1.82, 2.24) is 5.32 Å². The van der Waals surface area contributed by atoms with Crippen LogP contribution >= 0.6 is 0 Å². The first-order valence-corrected chi connectivity index (χ1v) is 4.36. The summed E-state index contributed by atoms with van der Waals surface area (Å²) in [6.07, 6.45) is 0.459. The smallest absolute Gasteiger partial charge is 0.330 e. The Kier molecular flexibility index (Phi) is 4.30. The van der Waals surface area contributed by atoms with E-state index in [-0.39, 0.29) is 6.73 Å². The lowest BCUT2D eigenvalue weighted by Crippen LogP contribution is -2.39. The Morgan fingerprint density at radius 1 is 1.47 bits per heavy atom. The van der Waals surface area contributed by atoms with Gasteiger partial charge in [0, 0.05) is 7.11 Å². The predicted molar refractivity (Wildman–Crippen MR) is 55.4 cm³/mol. The number of ether oxygens (including phenoxy) is 1. The number of rotatable bonds is 4. The lowest BCUT2D eigenvalue weighted by Gasteiger charge is -2.15. The molecule has 1 aromatic carbocycles. The summed E-state index contributed by atoms with van der Waals surface area (Å²) in [5.41, 5.74) is 0.515. The van der Waals surface area contributed by atoms with Crippen LogP contribution < -0.4 is 10.2 Å². The topological polar surface area (TPSA) is 58.6 Å². The van der Waals surface area contributed by atoms with E-state index in [4.69, 9.17) is 0 Å². The largest absolute Gasteiger partial charge is 0.364 e. The number of para-hydroxylation sites is 1. The highest BCUT2D eigenvalue weighted by Gasteiger charge is 2.13. The van der Waals surface area contributed by atoms with Crippen LogP contribution in [0.1, 0.15) is 0 Å². The van der Waals surface area contributed by atoms with Gasteiger partial charge in [-0.25, -0.2) is 9.69 Å². The van der Waals surface area contributed by atoms with E-state index in [1.54, 1.807) is 30.3 Å². The maximum atomic E-state index is 11.4. The van der Waals surface area contributed by atoms with Crippen LogP contribution in [0.25, 0.3) is 0 Å². The van der Waals surface area contributed by atoms with Crippen LogP contribution in [0.15, 0.2) is 30.3 Å². The molecule has 5 nitrogen and oxygen atoms in total. The average Bonchev–Trinajstić information content (AvgIpc) is 2.29. The number of nitrogens with one attached hydrogen (secondary N) is 1. The van der Waals surface area contributed by atoms with Crippen LogP contribution in [0.3, 0.4) is 0 Å². The maximum absolute atomic E-state index is 11.4. The molecule has 0 atom stereocenters. The molecule has 0 aliphatic carbocycles. The van der Waals surface area contributed by atoms with Crippen LogP contribution in [-0.2, 0) is 9.53 Å². The second kappa shape index (κ2) is 5.77. The van der Waals surface area contributed by atoms with Gasteiger partial charge in [-0.1, -0.05) is 18.2 Å². The monoisotopic (exact) mass is 208 g/mol. The van der Waals surface area contributed by atoms with Crippen molar-refractivity contribution in [3.63, 3.8) is 0 Å². The summed E-state index contributed by atoms with van der Waals surface area (Å²) in [5, 5.41) is 2.42. The molecule has 1 rings (SSSR count). The van der Waals surface area contributed by atoms with Crippen molar-refractivity contribution in [2.24, 2.45) is 0 Å². The van der Waals surface area contributed by atoms with Gasteiger partial charge >= 0.3 is 6.03 Å². The Hall–Kier alpha value is -1.88. The molecule has 0 saturated heterocycles. The van der Waals surface area contributed by atoms with Crippen molar-refractivity contribution in [1.29, 1.82) is 0 Å². The first-order chi connectivity index (χ1) is 7.29. The summed E-state index contributed by atoms with van der Waals surface area (Å²) in [4.78, 5) is 23.1. The minimum absolute atomic E-state index is 0.0655. The molecule has 3 amide bonds. The van der Waals surface area contributed by atoms with E-state index >= 15 is 0 Å². The Balaban J connectivity index is 2.72. The van der Waals surface area contributed by atoms with Gasteiger partial charge in [-0.05, 0) is 12.1 Å². The van der Waals surface area contributed by atoms with Gasteiger partial charge in [0.2, 0.25) is 6.41 Å². The molecule has 0 radical (unpaired) electrons. The number of hydrogen-bond acceptors (Lipinski definition) is 3. The van der Waals surface area contributed by atoms with Crippen LogP contribution in [0.5, 0.6) is 0 Å². The summed E-state index contributed by atoms with van der Waals surface area (Å²) in [7, 11) is 1.45. The first kappa shape index (κ1) is 11.2. The number of urea groups is 1. The second-order valence-corrected chi connectivity index (χ2v) is 2.73. The van der Waals surface area contributed by atoms with E-state index < -0.39 is 6.03 Å². The molecule has 0 aliphatic heterocycles. The molecule has 0 unspecified atom stereocenters. The molecular weight excluding hydrogens is 196 g/mol. The Morgan fingerprint density at radius 2 is 2.13 bits per heavy atom. The number of anilines is 1. The number of nitrogens with zero attached hydrogens (tertiary/aromatic N) is 1. The molecule has 0 fully saturated rings. The molecule has 0 spiro atoms. The minimum atomic E-state index is -0.516. The highest BCUT2D eigenvalue weighted by Crippen LogP contribution is 2.10. The first-order valence-electron chi connectivity index (χ1n) is 4.36. The Morgan fingerprint density at radius 3 is 2.67 bits per heavy atom. The van der Waals surface area contributed by atoms with Crippen molar-refractivity contribution in [3.05, 3.63) is 30.3 Å². The SMILES string of the molecule is COCNC(=O)N(C=O)c1ccccc1. The van der Waals surface area contributed by atoms with E-state index in [1.807, 2.05) is 0 Å². The molecule has 0 aliphatic rings. The van der Waals surface area contributed by atoms with Gasteiger partial charge in [0.15, 0.2) is 0 Å². The highest BCUT2D eigenvalue weighted by molar-refractivity contribution is 6.05. The van der Waals surface area contributed by atoms with Crippen LogP contribution in [0.2, 0.25) is 0 Å². The fourth-order valence-corrected chi connectivity index (χ4v) is 1.03. The lowest BCUT2D eigenvalue weighted by atomic mass is 10.3. The number of methoxy groups -OCH3 is 1. The van der Waals surface area contributed by atoms with Gasteiger partial charge in [0.1, 0.15) is 6.73 Å². The summed E-state index contributed by atoms with van der Waals surface area (Å²) < 4.78 is 4.67. The van der Waals surface area contributed by atoms with Crippen LogP contribution in [0, 0.1) is 0 Å². The molecule has 0 heterocycles. The minimum Gasteiger partial charge on any atom is -0.364 e. The van der Waals surface area contributed by atoms with Gasteiger partial charge in [-0.15, -0.1) is 0 Å². The van der Waals surface area contributed by atoms with Crippen molar-refractivity contribution >= 4 is 18.1 Å². The molecule has 80 valence electrons. The third kappa shape index (κ3) is 3.07. The third-order valence-corrected chi connectivity index (χ3v) is 1.73.